The van der Waals surface area contributed by atoms with E-state index in [9.17, 15) is 0 Å². The lowest BCUT2D eigenvalue weighted by molar-refractivity contribution is -0.0388. The van der Waals surface area contributed by atoms with Crippen LogP contribution in [0, 0.1) is 0 Å². The van der Waals surface area contributed by atoms with E-state index in [0.29, 0.717) is 0 Å². The molecule has 0 aromatic rings. The fraction of sp³-hybridized carbons (Fsp3) is 1.00. The number of aliphatic hydroxyl groups is 4. The molecule has 1 rings (SSSR count). The van der Waals surface area contributed by atoms with Gasteiger partial charge in [0.15, 0.2) is 0 Å². The Morgan fingerprint density at radius 3 is 1.44 bits per heavy atom. The number of hydrogen-bond acceptors (Lipinski definition) is 4. The Kier molecular flexibility index (Phi) is 1.29. The minimum atomic E-state index is -1.44. The predicted molar refractivity (Wildman–Crippen MR) is 28.7 cm³/mol. The van der Waals surface area contributed by atoms with Crippen LogP contribution in [-0.2, 0) is 0 Å². The molecule has 1 aliphatic carbocycles. The molecule has 1 aliphatic rings. The van der Waals surface area contributed by atoms with Crippen LogP contribution >= 0.6 is 0 Å². The second-order valence-corrected chi connectivity index (χ2v) is 2.56. The van der Waals surface area contributed by atoms with Gasteiger partial charge in [0.25, 0.3) is 0 Å². The summed E-state index contributed by atoms with van der Waals surface area (Å²) < 4.78 is 0. The molecule has 4 N–H and O–H groups in total. The molecule has 4 nitrogen and oxygen atoms in total. The summed E-state index contributed by atoms with van der Waals surface area (Å²) in [6.07, 6.45) is 0.0625. The van der Waals surface area contributed by atoms with Crippen LogP contribution in [0.1, 0.15) is 6.42 Å². The van der Waals surface area contributed by atoms with Gasteiger partial charge in [-0.2, -0.15) is 0 Å². The van der Waals surface area contributed by atoms with E-state index in [-0.39, 0.29) is 6.42 Å². The number of hydrogen-bond donors (Lipinski definition) is 4. The van der Waals surface area contributed by atoms with E-state index in [1.165, 1.54) is 0 Å². The van der Waals surface area contributed by atoms with Crippen LogP contribution in [0.15, 0.2) is 0 Å². The zero-order valence-corrected chi connectivity index (χ0v) is 4.91. The summed E-state index contributed by atoms with van der Waals surface area (Å²) in [4.78, 5) is 0. The molecule has 0 amide bonds. The molecule has 9 heavy (non-hydrogen) atoms. The predicted octanol–water partition coefficient (Wildman–Crippen LogP) is -2.16. The zero-order chi connectivity index (χ0) is 7.12. The minimum Gasteiger partial charge on any atom is -0.393 e. The van der Waals surface area contributed by atoms with E-state index in [0.717, 1.165) is 0 Å². The Morgan fingerprint density at radius 2 is 1.33 bits per heavy atom. The van der Waals surface area contributed by atoms with Gasteiger partial charge in [0, 0.05) is 6.42 Å². The zero-order valence-electron chi connectivity index (χ0n) is 4.91. The normalized spacial score (nSPS) is 49.3. The lowest BCUT2D eigenvalue weighted by Gasteiger charge is -2.09. The molecule has 0 saturated heterocycles. The van der Waals surface area contributed by atoms with E-state index < -0.39 is 24.4 Å². The largest absolute Gasteiger partial charge is 0.393 e. The maximum Gasteiger partial charge on any atom is 0.121 e. The third kappa shape index (κ3) is 0.753. The van der Waals surface area contributed by atoms with Crippen LogP contribution in [0.3, 0.4) is 0 Å². The van der Waals surface area contributed by atoms with Crippen molar-refractivity contribution in [1.29, 1.82) is 0 Å². The SMILES string of the molecule is OC[C@@]1(O)C[C@]1(O)CO. The second-order valence-electron chi connectivity index (χ2n) is 2.56. The molecule has 2 atom stereocenters. The van der Waals surface area contributed by atoms with Gasteiger partial charge in [-0.3, -0.25) is 0 Å². The van der Waals surface area contributed by atoms with Crippen molar-refractivity contribution >= 4 is 0 Å². The van der Waals surface area contributed by atoms with Gasteiger partial charge in [0.05, 0.1) is 13.2 Å². The molecule has 0 aliphatic heterocycles. The van der Waals surface area contributed by atoms with Gasteiger partial charge in [-0.05, 0) is 0 Å². The molecule has 0 unspecified atom stereocenters. The summed E-state index contributed by atoms with van der Waals surface area (Å²) in [5.74, 6) is 0. The first kappa shape index (κ1) is 6.95. The topological polar surface area (TPSA) is 80.9 Å². The molecule has 0 aromatic heterocycles. The molecule has 0 aromatic carbocycles. The van der Waals surface area contributed by atoms with Gasteiger partial charge < -0.3 is 20.4 Å². The van der Waals surface area contributed by atoms with Crippen molar-refractivity contribution in [2.45, 2.75) is 17.6 Å². The van der Waals surface area contributed by atoms with Crippen LogP contribution in [0.5, 0.6) is 0 Å². The smallest absolute Gasteiger partial charge is 0.121 e. The third-order valence-electron chi connectivity index (χ3n) is 1.85. The molecule has 54 valence electrons. The highest BCUT2D eigenvalue weighted by Crippen LogP contribution is 2.46. The van der Waals surface area contributed by atoms with Gasteiger partial charge in [-0.25, -0.2) is 0 Å². The fourth-order valence-corrected chi connectivity index (χ4v) is 0.846. The first-order chi connectivity index (χ1) is 4.08. The number of rotatable bonds is 2. The molecule has 0 bridgehead atoms. The Hall–Kier alpha value is -0.160. The summed E-state index contributed by atoms with van der Waals surface area (Å²) in [5.41, 5.74) is -2.89. The quantitative estimate of drug-likeness (QED) is 0.346. The Bertz CT molecular complexity index is 112. The molecule has 0 heterocycles. The lowest BCUT2D eigenvalue weighted by Crippen LogP contribution is -2.31. The highest BCUT2D eigenvalue weighted by atomic mass is 16.4. The van der Waals surface area contributed by atoms with Gasteiger partial charge in [0.2, 0.25) is 0 Å². The first-order valence-corrected chi connectivity index (χ1v) is 2.74. The second kappa shape index (κ2) is 1.67. The monoisotopic (exact) mass is 134 g/mol. The van der Waals surface area contributed by atoms with Crippen molar-refractivity contribution in [3.63, 3.8) is 0 Å². The van der Waals surface area contributed by atoms with E-state index in [1.54, 1.807) is 0 Å². The van der Waals surface area contributed by atoms with Crippen LogP contribution in [0.25, 0.3) is 0 Å². The van der Waals surface area contributed by atoms with Crippen LogP contribution in [0.2, 0.25) is 0 Å². The molecular formula is C5H10O4. The molecular weight excluding hydrogens is 124 g/mol. The van der Waals surface area contributed by atoms with Crippen molar-refractivity contribution in [3.8, 4) is 0 Å². The number of aliphatic hydroxyl groups excluding tert-OH is 2. The Labute approximate surface area is 52.4 Å². The van der Waals surface area contributed by atoms with Crippen molar-refractivity contribution < 1.29 is 20.4 Å². The maximum atomic E-state index is 9.00. The van der Waals surface area contributed by atoms with Gasteiger partial charge in [-0.1, -0.05) is 0 Å². The minimum absolute atomic E-state index is 0.0625. The Balaban J connectivity index is 2.54. The Morgan fingerprint density at radius 1 is 1.00 bits per heavy atom. The average Bonchev–Trinajstić information content (AvgIpc) is 2.39. The maximum absolute atomic E-state index is 9.00. The molecule has 0 radical (unpaired) electrons. The van der Waals surface area contributed by atoms with E-state index in [2.05, 4.69) is 0 Å². The van der Waals surface area contributed by atoms with E-state index >= 15 is 0 Å². The first-order valence-electron chi connectivity index (χ1n) is 2.74. The van der Waals surface area contributed by atoms with Gasteiger partial charge in [-0.15, -0.1) is 0 Å². The summed E-state index contributed by atoms with van der Waals surface area (Å²) in [7, 11) is 0. The fourth-order valence-electron chi connectivity index (χ4n) is 0.846. The third-order valence-corrected chi connectivity index (χ3v) is 1.85. The van der Waals surface area contributed by atoms with Crippen molar-refractivity contribution in [2.75, 3.05) is 13.2 Å². The molecule has 1 saturated carbocycles. The highest BCUT2D eigenvalue weighted by Gasteiger charge is 2.66. The van der Waals surface area contributed by atoms with Crippen LogP contribution in [0.4, 0.5) is 0 Å². The molecule has 0 spiro atoms. The van der Waals surface area contributed by atoms with Crippen molar-refractivity contribution in [3.05, 3.63) is 0 Å². The van der Waals surface area contributed by atoms with E-state index in [4.69, 9.17) is 20.4 Å². The summed E-state index contributed by atoms with van der Waals surface area (Å²) in [6, 6.07) is 0. The van der Waals surface area contributed by atoms with Crippen LogP contribution < -0.4 is 0 Å². The van der Waals surface area contributed by atoms with E-state index in [1.807, 2.05) is 0 Å². The van der Waals surface area contributed by atoms with Gasteiger partial charge >= 0.3 is 0 Å². The summed E-state index contributed by atoms with van der Waals surface area (Å²) in [6.45, 7) is -0.992. The summed E-state index contributed by atoms with van der Waals surface area (Å²) >= 11 is 0. The van der Waals surface area contributed by atoms with Gasteiger partial charge in [0.1, 0.15) is 11.2 Å². The van der Waals surface area contributed by atoms with Crippen molar-refractivity contribution in [2.24, 2.45) is 0 Å². The summed E-state index contributed by atoms with van der Waals surface area (Å²) in [5, 5.41) is 34.8. The lowest BCUT2D eigenvalue weighted by atomic mass is 10.2. The highest BCUT2D eigenvalue weighted by molar-refractivity contribution is 5.17. The molecule has 1 fully saturated rings. The standard InChI is InChI=1S/C5H10O4/c6-2-4(8)1-5(4,9)3-7/h6-9H,1-3H2/t4-,5-/m0/s1. The van der Waals surface area contributed by atoms with Crippen molar-refractivity contribution in [1.82, 2.24) is 0 Å². The van der Waals surface area contributed by atoms with Crippen LogP contribution in [-0.4, -0.2) is 44.8 Å². The average molecular weight is 134 g/mol. The molecule has 4 heteroatoms.